The normalized spacial score (nSPS) is 19.8. The van der Waals surface area contributed by atoms with Crippen molar-refractivity contribution in [3.8, 4) is 0 Å². The average molecular weight is 267 g/mol. The van der Waals surface area contributed by atoms with Gasteiger partial charge in [-0.25, -0.2) is 4.57 Å². The molecule has 0 aliphatic carbocycles. The summed E-state index contributed by atoms with van der Waals surface area (Å²) in [6.45, 7) is 0. The fourth-order valence-electron chi connectivity index (χ4n) is 0.254. The van der Waals surface area contributed by atoms with Crippen LogP contribution in [0.5, 0.6) is 0 Å². The van der Waals surface area contributed by atoms with E-state index in [-0.39, 0.29) is 103 Å². The maximum absolute atomic E-state index is 10.4. The number of hydrogen-bond acceptors (Lipinski definition) is 8. The van der Waals surface area contributed by atoms with Gasteiger partial charge in [0.25, 0.3) is 0 Å². The summed E-state index contributed by atoms with van der Waals surface area (Å²) in [6, 6.07) is 0. The van der Waals surface area contributed by atoms with Crippen molar-refractivity contribution in [2.45, 2.75) is 0 Å². The summed E-state index contributed by atoms with van der Waals surface area (Å²) in [7, 11) is -9.42. The molecule has 0 aromatic carbocycles. The molecule has 0 spiro atoms. The Morgan fingerprint density at radius 1 is 1.33 bits per heavy atom. The van der Waals surface area contributed by atoms with Crippen LogP contribution in [0.3, 0.4) is 0 Å². The second kappa shape index (κ2) is 6.94. The molecule has 0 bridgehead atoms. The van der Waals surface area contributed by atoms with E-state index in [2.05, 4.69) is 13.6 Å². The number of nitrogens with one attached hydrogen (secondary N) is 1. The van der Waals surface area contributed by atoms with E-state index < -0.39 is 15.6 Å². The Hall–Kier alpha value is 3.49. The molecule has 0 atom stereocenters. The van der Waals surface area contributed by atoms with Gasteiger partial charge in [0, 0.05) is 0 Å². The van der Waals surface area contributed by atoms with Crippen LogP contribution in [0, 0.1) is 0 Å². The van der Waals surface area contributed by atoms with Gasteiger partial charge in [-0.05, 0) is 0 Å². The summed E-state index contributed by atoms with van der Waals surface area (Å²) in [5.74, 6) is 0. The van der Waals surface area contributed by atoms with E-state index in [4.69, 9.17) is 0 Å². The first-order valence-electron chi connectivity index (χ1n) is 1.87. The van der Waals surface area contributed by atoms with E-state index in [0.29, 0.717) is 0 Å². The number of rotatable bonds is 2. The van der Waals surface area contributed by atoms with E-state index in [1.165, 1.54) is 5.64 Å². The van der Waals surface area contributed by atoms with E-state index in [1.54, 1.807) is 0 Å². The molecule has 1 rings (SSSR count). The van der Waals surface area contributed by atoms with Crippen LogP contribution in [0.2, 0.25) is 0 Å². The topological polar surface area (TPSA) is 120 Å². The molecule has 8 nitrogen and oxygen atoms in total. The summed E-state index contributed by atoms with van der Waals surface area (Å²) < 4.78 is 31.0. The Morgan fingerprint density at radius 3 is 1.83 bits per heavy atom. The molecule has 1 heterocycles. The minimum atomic E-state index is -5.31. The zero-order chi connectivity index (χ0) is 7.83. The van der Waals surface area contributed by atoms with Crippen molar-refractivity contribution in [1.29, 1.82) is 0 Å². The van der Waals surface area contributed by atoms with E-state index >= 15 is 0 Å². The third kappa shape index (κ3) is 6.88. The monoisotopic (exact) mass is 267 g/mol. The van der Waals surface area contributed by atoms with Crippen LogP contribution in [0.4, 0.5) is 0 Å². The van der Waals surface area contributed by atoms with Gasteiger partial charge >= 0.3 is 111 Å². The minimum Gasteiger partial charge on any atom is -0.789 e. The molecule has 1 N–H and O–H groups in total. The quantitative estimate of drug-likeness (QED) is 0.387. The Bertz CT molecular complexity index is 213. The van der Waals surface area contributed by atoms with Crippen LogP contribution in [0.15, 0.2) is 0 Å². The van der Waals surface area contributed by atoms with Crippen LogP contribution in [0.25, 0.3) is 0 Å². The van der Waals surface area contributed by atoms with Crippen molar-refractivity contribution >= 4 is 15.6 Å². The predicted octanol–water partition coefficient (Wildman–Crippen LogP) is -7.59. The summed E-state index contributed by atoms with van der Waals surface area (Å²) in [5, 5.41) is 0. The summed E-state index contributed by atoms with van der Waals surface area (Å²) in [4.78, 5) is 19.5. The van der Waals surface area contributed by atoms with Crippen molar-refractivity contribution in [2.24, 2.45) is 0 Å². The number of hydrogen-bond donors (Lipinski definition) is 1. The molecule has 1 saturated heterocycles. The first kappa shape index (κ1) is 17.9. The first-order chi connectivity index (χ1) is 4.41. The molecule has 1 aliphatic heterocycles. The van der Waals surface area contributed by atoms with Crippen molar-refractivity contribution in [2.75, 3.05) is 0 Å². The molecule has 0 aromatic heterocycles. The molecule has 12 heavy (non-hydrogen) atoms. The van der Waals surface area contributed by atoms with Crippen LogP contribution < -0.4 is 118 Å². The zero-order valence-electron chi connectivity index (χ0n) is 6.25. The molecular formula is HK2NO7P2. The smallest absolute Gasteiger partial charge is 0.789 e. The first-order valence-corrected chi connectivity index (χ1v) is 4.79. The van der Waals surface area contributed by atoms with Crippen molar-refractivity contribution in [1.82, 2.24) is 5.64 Å². The molecular weight excluding hydrogens is 266 g/mol. The second-order valence-corrected chi connectivity index (χ2v) is 4.05. The molecule has 0 aromatic rings. The molecule has 12 heteroatoms. The molecule has 1 aliphatic rings. The maximum Gasteiger partial charge on any atom is 1.00 e. The van der Waals surface area contributed by atoms with Crippen molar-refractivity contribution in [3.63, 3.8) is 0 Å². The van der Waals surface area contributed by atoms with E-state index in [9.17, 15) is 18.9 Å². The van der Waals surface area contributed by atoms with E-state index in [0.717, 1.165) is 0 Å². The fourth-order valence-corrected chi connectivity index (χ4v) is 1.70. The fraction of sp³-hybridized carbons (Fsp3) is 0. The van der Waals surface area contributed by atoms with Gasteiger partial charge in [-0.15, -0.1) is 0 Å². The predicted molar refractivity (Wildman–Crippen MR) is 21.6 cm³/mol. The zero-order valence-corrected chi connectivity index (χ0v) is 14.3. The van der Waals surface area contributed by atoms with Gasteiger partial charge in [0.15, 0.2) is 0 Å². The largest absolute Gasteiger partial charge is 1.00 e. The third-order valence-corrected chi connectivity index (χ3v) is 2.69. The van der Waals surface area contributed by atoms with Gasteiger partial charge in [-0.3, -0.25) is 4.31 Å². The van der Waals surface area contributed by atoms with Crippen molar-refractivity contribution < 1.29 is 135 Å². The minimum absolute atomic E-state index is 0. The molecule has 0 unspecified atom stereocenters. The Balaban J connectivity index is 0. The standard InChI is InChI=1S/2K.H3NO7P2/c;;2-9(3,4)8-10(5)6-1-7-10/h;;1H,(H2,2,3,4)/q2*+1;/p-2. The molecule has 0 amide bonds. The Kier molecular flexibility index (Phi) is 10.3. The summed E-state index contributed by atoms with van der Waals surface area (Å²) >= 11 is 0. The Labute approximate surface area is 153 Å². The third-order valence-electron chi connectivity index (χ3n) is 0.498. The SMILES string of the molecule is O=P([O-])([O-])OP1(=O)ONO1.[K+].[K+]. The van der Waals surface area contributed by atoms with Crippen LogP contribution in [-0.2, 0) is 22.7 Å². The molecule has 1 fully saturated rings. The molecule has 0 saturated carbocycles. The molecule has 60 valence electrons. The average Bonchev–Trinajstić information content (AvgIpc) is 1.57. The van der Waals surface area contributed by atoms with Gasteiger partial charge in [0.1, 0.15) is 0 Å². The maximum atomic E-state index is 10.4. The summed E-state index contributed by atoms with van der Waals surface area (Å²) in [5.41, 5.74) is 1.54. The summed E-state index contributed by atoms with van der Waals surface area (Å²) in [6.07, 6.45) is 0. The van der Waals surface area contributed by atoms with Gasteiger partial charge < -0.3 is 14.4 Å². The van der Waals surface area contributed by atoms with Gasteiger partial charge in [0.05, 0.1) is 7.82 Å². The van der Waals surface area contributed by atoms with Crippen LogP contribution in [-0.4, -0.2) is 0 Å². The van der Waals surface area contributed by atoms with Gasteiger partial charge in [-0.1, -0.05) is 5.64 Å². The Morgan fingerprint density at radius 2 is 1.75 bits per heavy atom. The van der Waals surface area contributed by atoms with Crippen LogP contribution in [0.1, 0.15) is 0 Å². The van der Waals surface area contributed by atoms with Crippen LogP contribution >= 0.6 is 15.6 Å². The van der Waals surface area contributed by atoms with Crippen molar-refractivity contribution in [3.05, 3.63) is 0 Å². The van der Waals surface area contributed by atoms with Gasteiger partial charge in [-0.2, -0.15) is 9.25 Å². The second-order valence-electron chi connectivity index (χ2n) is 1.24. The van der Waals surface area contributed by atoms with Gasteiger partial charge in [0.2, 0.25) is 0 Å². The molecule has 0 radical (unpaired) electrons. The van der Waals surface area contributed by atoms with E-state index in [1.807, 2.05) is 0 Å². The number of phosphoric acid groups is 2.